The molecule has 4 rings (SSSR count). The van der Waals surface area contributed by atoms with Gasteiger partial charge in [0.1, 0.15) is 5.69 Å². The van der Waals surface area contributed by atoms with Crippen molar-refractivity contribution in [3.63, 3.8) is 0 Å². The first-order chi connectivity index (χ1) is 16.6. The second-order valence-corrected chi connectivity index (χ2v) is 8.58. The van der Waals surface area contributed by atoms with Crippen molar-refractivity contribution in [2.24, 2.45) is 0 Å². The summed E-state index contributed by atoms with van der Waals surface area (Å²) in [5.74, 6) is -0.392. The summed E-state index contributed by atoms with van der Waals surface area (Å²) < 4.78 is 0. The van der Waals surface area contributed by atoms with Crippen LogP contribution in [0.5, 0.6) is 0 Å². The Morgan fingerprint density at radius 1 is 0.941 bits per heavy atom. The van der Waals surface area contributed by atoms with Crippen LogP contribution in [0.1, 0.15) is 38.9 Å². The number of nitrogens with one attached hydrogen (secondary N) is 2. The predicted molar refractivity (Wildman–Crippen MR) is 134 cm³/mol. The highest BCUT2D eigenvalue weighted by atomic mass is 16.2. The van der Waals surface area contributed by atoms with E-state index in [1.165, 1.54) is 5.56 Å². The molecule has 176 valence electrons. The zero-order chi connectivity index (χ0) is 23.8. The first-order valence-corrected chi connectivity index (χ1v) is 11.7. The van der Waals surface area contributed by atoms with E-state index in [0.29, 0.717) is 29.5 Å². The average molecular weight is 458 g/mol. The molecule has 2 aromatic carbocycles. The normalized spacial score (nSPS) is 16.7. The van der Waals surface area contributed by atoms with Gasteiger partial charge in [0.25, 0.3) is 11.8 Å². The number of nitrogens with zero attached hydrogens (tertiary/aromatic N) is 3. The Hall–Kier alpha value is -3.55. The molecule has 0 bridgehead atoms. The van der Waals surface area contributed by atoms with Gasteiger partial charge >= 0.3 is 0 Å². The Morgan fingerprint density at radius 2 is 1.71 bits per heavy atom. The van der Waals surface area contributed by atoms with Gasteiger partial charge in [-0.3, -0.25) is 19.5 Å². The summed E-state index contributed by atoms with van der Waals surface area (Å²) >= 11 is 0. The zero-order valence-corrected chi connectivity index (χ0v) is 19.5. The fraction of sp³-hybridized carbons (Fsp3) is 0.296. The Bertz CT molecular complexity index is 1070. The van der Waals surface area contributed by atoms with Crippen molar-refractivity contribution in [3.05, 3.63) is 95.8 Å². The number of rotatable bonds is 8. The molecule has 7 nitrogen and oxygen atoms in total. The molecule has 0 aliphatic carbocycles. The lowest BCUT2D eigenvalue weighted by Gasteiger charge is -2.40. The largest absolute Gasteiger partial charge is 0.352 e. The van der Waals surface area contributed by atoms with Crippen LogP contribution < -0.4 is 10.6 Å². The molecule has 0 saturated carbocycles. The van der Waals surface area contributed by atoms with Crippen LogP contribution in [-0.4, -0.2) is 66.4 Å². The van der Waals surface area contributed by atoms with Crippen LogP contribution in [0.2, 0.25) is 0 Å². The van der Waals surface area contributed by atoms with Crippen molar-refractivity contribution in [1.82, 2.24) is 20.1 Å². The lowest BCUT2D eigenvalue weighted by atomic mass is 10.0. The molecule has 1 unspecified atom stereocenters. The molecule has 1 aliphatic heterocycles. The van der Waals surface area contributed by atoms with E-state index in [9.17, 15) is 9.59 Å². The summed E-state index contributed by atoms with van der Waals surface area (Å²) in [5, 5.41) is 5.81. The van der Waals surface area contributed by atoms with Gasteiger partial charge in [0.2, 0.25) is 0 Å². The topological polar surface area (TPSA) is 77.6 Å². The summed E-state index contributed by atoms with van der Waals surface area (Å²) in [6, 6.07) is 23.1. The van der Waals surface area contributed by atoms with Crippen LogP contribution in [0.25, 0.3) is 0 Å². The van der Waals surface area contributed by atoms with Crippen molar-refractivity contribution in [1.29, 1.82) is 0 Å². The summed E-state index contributed by atoms with van der Waals surface area (Å²) in [6.07, 6.45) is 2.46. The van der Waals surface area contributed by atoms with E-state index in [1.54, 1.807) is 48.7 Å². The van der Waals surface area contributed by atoms with Gasteiger partial charge in [-0.2, -0.15) is 0 Å². The number of anilines is 1. The number of hydrogen-bond acceptors (Lipinski definition) is 5. The number of carbonyl (C=O) groups is 2. The maximum Gasteiger partial charge on any atom is 0.274 e. The molecular weight excluding hydrogens is 426 g/mol. The van der Waals surface area contributed by atoms with Crippen LogP contribution in [0.3, 0.4) is 0 Å². The number of carbonyl (C=O) groups excluding carboxylic acids is 2. The molecule has 2 heterocycles. The van der Waals surface area contributed by atoms with E-state index in [0.717, 1.165) is 32.6 Å². The second-order valence-electron chi connectivity index (χ2n) is 8.58. The van der Waals surface area contributed by atoms with Crippen LogP contribution >= 0.6 is 0 Å². The minimum absolute atomic E-state index is 0.111. The maximum atomic E-state index is 12.6. The number of pyridine rings is 1. The predicted octanol–water partition coefficient (Wildman–Crippen LogP) is 3.44. The van der Waals surface area contributed by atoms with Crippen molar-refractivity contribution < 1.29 is 9.59 Å². The Balaban J connectivity index is 1.24. The molecule has 1 saturated heterocycles. The van der Waals surface area contributed by atoms with E-state index >= 15 is 0 Å². The highest BCUT2D eigenvalue weighted by Crippen LogP contribution is 2.24. The molecule has 1 aromatic heterocycles. The van der Waals surface area contributed by atoms with Crippen LogP contribution in [0.4, 0.5) is 5.69 Å². The molecule has 2 N–H and O–H groups in total. The lowest BCUT2D eigenvalue weighted by molar-refractivity contribution is 0.0865. The maximum absolute atomic E-state index is 12.6. The third-order valence-electron chi connectivity index (χ3n) is 6.09. The molecule has 34 heavy (non-hydrogen) atoms. The quantitative estimate of drug-likeness (QED) is 0.507. The first-order valence-electron chi connectivity index (χ1n) is 11.7. The molecule has 1 aliphatic rings. The summed E-state index contributed by atoms with van der Waals surface area (Å²) in [4.78, 5) is 33.7. The van der Waals surface area contributed by atoms with Gasteiger partial charge in [0.05, 0.1) is 0 Å². The zero-order valence-electron chi connectivity index (χ0n) is 19.5. The number of benzene rings is 2. The highest BCUT2D eigenvalue weighted by molar-refractivity contribution is 6.03. The van der Waals surface area contributed by atoms with Gasteiger partial charge in [-0.05, 0) is 55.4 Å². The molecule has 3 aromatic rings. The van der Waals surface area contributed by atoms with Crippen molar-refractivity contribution >= 4 is 17.5 Å². The second kappa shape index (κ2) is 11.5. The third kappa shape index (κ3) is 6.27. The summed E-state index contributed by atoms with van der Waals surface area (Å²) in [7, 11) is 2.17. The molecule has 7 heteroatoms. The molecule has 2 amide bonds. The van der Waals surface area contributed by atoms with Crippen molar-refractivity contribution in [2.45, 2.75) is 12.5 Å². The first kappa shape index (κ1) is 23.6. The van der Waals surface area contributed by atoms with Crippen LogP contribution in [0.15, 0.2) is 79.0 Å². The van der Waals surface area contributed by atoms with Gasteiger partial charge < -0.3 is 15.5 Å². The Morgan fingerprint density at radius 3 is 2.44 bits per heavy atom. The summed E-state index contributed by atoms with van der Waals surface area (Å²) in [5.41, 5.74) is 2.87. The number of amides is 2. The minimum Gasteiger partial charge on any atom is -0.352 e. The number of piperazine rings is 1. The average Bonchev–Trinajstić information content (AvgIpc) is 2.88. The van der Waals surface area contributed by atoms with Gasteiger partial charge in [-0.1, -0.05) is 36.4 Å². The fourth-order valence-corrected chi connectivity index (χ4v) is 4.20. The smallest absolute Gasteiger partial charge is 0.274 e. The van der Waals surface area contributed by atoms with Gasteiger partial charge in [0, 0.05) is 56.2 Å². The fourth-order valence-electron chi connectivity index (χ4n) is 4.20. The van der Waals surface area contributed by atoms with E-state index in [2.05, 4.69) is 62.8 Å². The third-order valence-corrected chi connectivity index (χ3v) is 6.09. The molecule has 1 fully saturated rings. The standard InChI is InChI=1S/C27H31N5O2/c1-31-18-19-32(25(20-31)21-8-3-2-4-9-21)17-7-16-29-26(33)22-11-13-23(14-12-22)30-27(34)24-10-5-6-15-28-24/h2-6,8-15,25H,7,16-20H2,1H3,(H,29,33)(H,30,34). The Kier molecular flexibility index (Phi) is 8.01. The Labute approximate surface area is 200 Å². The van der Waals surface area contributed by atoms with Crippen LogP contribution in [0, 0.1) is 0 Å². The minimum atomic E-state index is -0.282. The van der Waals surface area contributed by atoms with Gasteiger partial charge in [0.15, 0.2) is 0 Å². The summed E-state index contributed by atoms with van der Waals surface area (Å²) in [6.45, 7) is 4.64. The molecular formula is C27H31N5O2. The molecule has 0 radical (unpaired) electrons. The van der Waals surface area contributed by atoms with Gasteiger partial charge in [-0.25, -0.2) is 0 Å². The van der Waals surface area contributed by atoms with Crippen LogP contribution in [-0.2, 0) is 0 Å². The lowest BCUT2D eigenvalue weighted by Crippen LogP contribution is -2.47. The molecule has 0 spiro atoms. The van der Waals surface area contributed by atoms with E-state index in [1.807, 2.05) is 0 Å². The highest BCUT2D eigenvalue weighted by Gasteiger charge is 2.25. The molecule has 1 atom stereocenters. The number of likely N-dealkylation sites (N-methyl/N-ethyl adjacent to an activating group) is 1. The SMILES string of the molecule is CN1CCN(CCCNC(=O)c2ccc(NC(=O)c3ccccn3)cc2)C(c2ccccc2)C1. The number of aromatic nitrogens is 1. The van der Waals surface area contributed by atoms with Crippen molar-refractivity contribution in [2.75, 3.05) is 45.1 Å². The van der Waals surface area contributed by atoms with E-state index < -0.39 is 0 Å². The van der Waals surface area contributed by atoms with E-state index in [-0.39, 0.29) is 11.8 Å². The van der Waals surface area contributed by atoms with E-state index in [4.69, 9.17) is 0 Å². The van der Waals surface area contributed by atoms with Crippen molar-refractivity contribution in [3.8, 4) is 0 Å². The van der Waals surface area contributed by atoms with Gasteiger partial charge in [-0.15, -0.1) is 0 Å². The number of hydrogen-bond donors (Lipinski definition) is 2. The monoisotopic (exact) mass is 457 g/mol.